The van der Waals surface area contributed by atoms with Crippen LogP contribution in [0.3, 0.4) is 0 Å². The monoisotopic (exact) mass is 350 g/mol. The molecule has 0 aromatic heterocycles. The van der Waals surface area contributed by atoms with E-state index in [1.807, 2.05) is 6.07 Å². The van der Waals surface area contributed by atoms with Gasteiger partial charge in [-0.3, -0.25) is 4.79 Å². The molecular formula is C18H30N4O3. The lowest BCUT2D eigenvalue weighted by Gasteiger charge is -2.34. The van der Waals surface area contributed by atoms with Gasteiger partial charge in [0.05, 0.1) is 12.0 Å². The molecule has 2 aliphatic rings. The van der Waals surface area contributed by atoms with Crippen LogP contribution in [0.25, 0.3) is 0 Å². The third kappa shape index (κ3) is 5.89. The van der Waals surface area contributed by atoms with Gasteiger partial charge in [-0.05, 0) is 25.3 Å². The highest BCUT2D eigenvalue weighted by atomic mass is 16.6. The first-order valence-corrected chi connectivity index (χ1v) is 9.44. The van der Waals surface area contributed by atoms with Crippen molar-refractivity contribution >= 4 is 12.0 Å². The Kier molecular flexibility index (Phi) is 7.99. The minimum atomic E-state index is -0.352. The Morgan fingerprint density at radius 3 is 2.48 bits per heavy atom. The van der Waals surface area contributed by atoms with Crippen LogP contribution in [0.5, 0.6) is 0 Å². The molecule has 1 saturated heterocycles. The highest BCUT2D eigenvalue weighted by Gasteiger charge is 2.31. The van der Waals surface area contributed by atoms with Crippen LogP contribution in [0.4, 0.5) is 4.79 Å². The Hall–Kier alpha value is -1.81. The van der Waals surface area contributed by atoms with Crippen LogP contribution in [-0.2, 0) is 9.53 Å². The van der Waals surface area contributed by atoms with Gasteiger partial charge in [0.15, 0.2) is 0 Å². The maximum atomic E-state index is 12.4. The molecule has 0 aromatic carbocycles. The van der Waals surface area contributed by atoms with Crippen LogP contribution < -0.4 is 5.32 Å². The summed E-state index contributed by atoms with van der Waals surface area (Å²) in [4.78, 5) is 28.7. The lowest BCUT2D eigenvalue weighted by molar-refractivity contribution is -0.128. The number of carbonyl (C=O) groups is 2. The van der Waals surface area contributed by atoms with Crippen LogP contribution in [0.1, 0.15) is 39.0 Å². The molecule has 2 amide bonds. The first-order chi connectivity index (χ1) is 12.2. The first kappa shape index (κ1) is 19.5. The minimum absolute atomic E-state index is 0.00498. The van der Waals surface area contributed by atoms with Crippen LogP contribution in [-0.4, -0.2) is 67.7 Å². The van der Waals surface area contributed by atoms with Gasteiger partial charge >= 0.3 is 6.09 Å². The Labute approximate surface area is 150 Å². The van der Waals surface area contributed by atoms with E-state index in [0.717, 1.165) is 45.3 Å². The molecule has 1 saturated carbocycles. The van der Waals surface area contributed by atoms with Crippen molar-refractivity contribution in [2.24, 2.45) is 11.8 Å². The van der Waals surface area contributed by atoms with Crippen molar-refractivity contribution in [3.63, 3.8) is 0 Å². The Balaban J connectivity index is 1.86. The molecule has 1 N–H and O–H groups in total. The van der Waals surface area contributed by atoms with Gasteiger partial charge in [0.1, 0.15) is 13.2 Å². The predicted octanol–water partition coefficient (Wildman–Crippen LogP) is 1.60. The van der Waals surface area contributed by atoms with Crippen molar-refractivity contribution < 1.29 is 14.3 Å². The fourth-order valence-corrected chi connectivity index (χ4v) is 3.72. The molecule has 1 unspecified atom stereocenters. The average Bonchev–Trinajstić information content (AvgIpc) is 2.67. The van der Waals surface area contributed by atoms with Gasteiger partial charge in [0.25, 0.3) is 0 Å². The second kappa shape index (κ2) is 10.2. The molecule has 2 fully saturated rings. The summed E-state index contributed by atoms with van der Waals surface area (Å²) < 4.78 is 5.49. The summed E-state index contributed by atoms with van der Waals surface area (Å²) in [5, 5.41) is 11.3. The largest absolute Gasteiger partial charge is 0.449 e. The number of carbonyl (C=O) groups excluding carboxylic acids is 2. The van der Waals surface area contributed by atoms with Crippen molar-refractivity contribution in [2.45, 2.75) is 39.0 Å². The number of piperazine rings is 1. The van der Waals surface area contributed by atoms with E-state index in [1.54, 1.807) is 4.90 Å². The molecule has 7 nitrogen and oxygen atoms in total. The summed E-state index contributed by atoms with van der Waals surface area (Å²) >= 11 is 0. The SMILES string of the molecule is CCN1CCN(C(=O)OCC(C(=O)NCC#N)C2CCCCC2)CC1. The standard InChI is InChI=1S/C18H30N4O3/c1-2-21-10-12-22(13-11-21)18(24)25-14-16(17(23)20-9-8-19)15-6-4-3-5-7-15/h15-16H,2-7,9-14H2,1H3,(H,20,23). The smallest absolute Gasteiger partial charge is 0.409 e. The second-order valence-electron chi connectivity index (χ2n) is 6.88. The van der Waals surface area contributed by atoms with Gasteiger partial charge in [-0.25, -0.2) is 4.79 Å². The van der Waals surface area contributed by atoms with E-state index >= 15 is 0 Å². The van der Waals surface area contributed by atoms with E-state index in [-0.39, 0.29) is 37.0 Å². The quantitative estimate of drug-likeness (QED) is 0.735. The highest BCUT2D eigenvalue weighted by Crippen LogP contribution is 2.30. The van der Waals surface area contributed by atoms with E-state index in [2.05, 4.69) is 17.1 Å². The Morgan fingerprint density at radius 1 is 1.20 bits per heavy atom. The molecule has 2 rings (SSSR count). The predicted molar refractivity (Wildman–Crippen MR) is 93.7 cm³/mol. The zero-order valence-corrected chi connectivity index (χ0v) is 15.2. The van der Waals surface area contributed by atoms with Crippen molar-refractivity contribution in [2.75, 3.05) is 45.9 Å². The van der Waals surface area contributed by atoms with Gasteiger partial charge < -0.3 is 19.9 Å². The van der Waals surface area contributed by atoms with Gasteiger partial charge in [-0.15, -0.1) is 0 Å². The highest BCUT2D eigenvalue weighted by molar-refractivity contribution is 5.79. The number of ether oxygens (including phenoxy) is 1. The van der Waals surface area contributed by atoms with Gasteiger partial charge in [-0.1, -0.05) is 26.2 Å². The molecule has 0 bridgehead atoms. The van der Waals surface area contributed by atoms with E-state index < -0.39 is 0 Å². The van der Waals surface area contributed by atoms with Crippen molar-refractivity contribution in [3.05, 3.63) is 0 Å². The van der Waals surface area contributed by atoms with Crippen molar-refractivity contribution in [1.82, 2.24) is 15.1 Å². The zero-order chi connectivity index (χ0) is 18.1. The number of hydrogen-bond acceptors (Lipinski definition) is 5. The number of rotatable bonds is 6. The van der Waals surface area contributed by atoms with Crippen LogP contribution in [0.15, 0.2) is 0 Å². The second-order valence-corrected chi connectivity index (χ2v) is 6.88. The average molecular weight is 350 g/mol. The lowest BCUT2D eigenvalue weighted by atomic mass is 9.80. The number of nitrogens with zero attached hydrogens (tertiary/aromatic N) is 3. The van der Waals surface area contributed by atoms with Gasteiger partial charge in [0, 0.05) is 26.2 Å². The van der Waals surface area contributed by atoms with Crippen LogP contribution in [0, 0.1) is 23.2 Å². The maximum absolute atomic E-state index is 12.4. The number of hydrogen-bond donors (Lipinski definition) is 1. The van der Waals surface area contributed by atoms with E-state index in [0.29, 0.717) is 13.1 Å². The summed E-state index contributed by atoms with van der Waals surface area (Å²) in [6.45, 7) is 6.27. The Bertz CT molecular complexity index is 477. The molecule has 1 atom stereocenters. The molecule has 1 heterocycles. The van der Waals surface area contributed by atoms with Crippen LogP contribution >= 0.6 is 0 Å². The molecule has 0 radical (unpaired) electrons. The molecule has 1 aliphatic heterocycles. The van der Waals surface area contributed by atoms with Crippen molar-refractivity contribution in [1.29, 1.82) is 5.26 Å². The van der Waals surface area contributed by atoms with E-state index in [4.69, 9.17) is 10.00 Å². The summed E-state index contributed by atoms with van der Waals surface area (Å²) in [7, 11) is 0. The topological polar surface area (TPSA) is 85.7 Å². The molecule has 140 valence electrons. The maximum Gasteiger partial charge on any atom is 0.409 e. The van der Waals surface area contributed by atoms with E-state index in [1.165, 1.54) is 6.42 Å². The fourth-order valence-electron chi connectivity index (χ4n) is 3.72. The Morgan fingerprint density at radius 2 is 1.88 bits per heavy atom. The number of likely N-dealkylation sites (N-methyl/N-ethyl adjacent to an activating group) is 1. The summed E-state index contributed by atoms with van der Waals surface area (Å²) in [5.41, 5.74) is 0. The molecule has 0 spiro atoms. The third-order valence-electron chi connectivity index (χ3n) is 5.36. The number of nitrogens with one attached hydrogen (secondary N) is 1. The fraction of sp³-hybridized carbons (Fsp3) is 0.833. The molecule has 0 aromatic rings. The number of amides is 2. The summed E-state index contributed by atoms with van der Waals surface area (Å²) in [6.07, 6.45) is 5.06. The molecule has 25 heavy (non-hydrogen) atoms. The zero-order valence-electron chi connectivity index (χ0n) is 15.2. The lowest BCUT2D eigenvalue weighted by Crippen LogP contribution is -2.49. The van der Waals surface area contributed by atoms with E-state index in [9.17, 15) is 9.59 Å². The summed E-state index contributed by atoms with van der Waals surface area (Å²) in [6, 6.07) is 1.93. The summed E-state index contributed by atoms with van der Waals surface area (Å²) in [5.74, 6) is -0.288. The van der Waals surface area contributed by atoms with Gasteiger partial charge in [0.2, 0.25) is 5.91 Å². The molecule has 7 heteroatoms. The van der Waals surface area contributed by atoms with Gasteiger partial charge in [-0.2, -0.15) is 5.26 Å². The normalized spacial score (nSPS) is 20.6. The molecule has 1 aliphatic carbocycles. The third-order valence-corrected chi connectivity index (χ3v) is 5.36. The molecular weight excluding hydrogens is 320 g/mol. The van der Waals surface area contributed by atoms with Crippen LogP contribution in [0.2, 0.25) is 0 Å². The first-order valence-electron chi connectivity index (χ1n) is 9.44. The van der Waals surface area contributed by atoms with Crippen molar-refractivity contribution in [3.8, 4) is 6.07 Å². The minimum Gasteiger partial charge on any atom is -0.449 e. The number of nitriles is 1.